The third-order valence-corrected chi connectivity index (χ3v) is 4.42. The molecule has 2 aromatic rings. The van der Waals surface area contributed by atoms with Crippen LogP contribution in [0.15, 0.2) is 32.3 Å². The van der Waals surface area contributed by atoms with Crippen molar-refractivity contribution in [3.63, 3.8) is 0 Å². The molecule has 1 N–H and O–H groups in total. The largest absolute Gasteiger partial charge is 0.365 e. The minimum Gasteiger partial charge on any atom is -0.365 e. The fraction of sp³-hybridized carbons (Fsp3) is 0.438. The van der Waals surface area contributed by atoms with Gasteiger partial charge in [0.15, 0.2) is 0 Å². The molecule has 0 aliphatic rings. The second-order valence-corrected chi connectivity index (χ2v) is 6.70. The summed E-state index contributed by atoms with van der Waals surface area (Å²) in [5.41, 5.74) is 1.41. The number of quaternary nitrogens is 1. The van der Waals surface area contributed by atoms with Crippen LogP contribution < -0.4 is 9.80 Å². The summed E-state index contributed by atoms with van der Waals surface area (Å²) in [4.78, 5) is 4.40. The van der Waals surface area contributed by atoms with Crippen LogP contribution in [-0.2, 0) is 0 Å². The van der Waals surface area contributed by atoms with Crippen LogP contribution in [0, 0.1) is 5.82 Å². The lowest BCUT2D eigenvalue weighted by Crippen LogP contribution is -2.47. The van der Waals surface area contributed by atoms with Gasteiger partial charge in [-0.15, -0.1) is 0 Å². The number of unbranched alkanes of at least 4 members (excludes halogenated alkanes) is 1. The van der Waals surface area contributed by atoms with E-state index in [1.807, 2.05) is 14.1 Å². The zero-order chi connectivity index (χ0) is 17.7. The van der Waals surface area contributed by atoms with E-state index in [2.05, 4.69) is 43.5 Å². The van der Waals surface area contributed by atoms with Crippen molar-refractivity contribution in [2.24, 2.45) is 4.99 Å². The van der Waals surface area contributed by atoms with Crippen LogP contribution in [0.1, 0.15) is 25.5 Å². The highest BCUT2D eigenvalue weighted by Crippen LogP contribution is 2.28. The first-order chi connectivity index (χ1) is 11.4. The minimum absolute atomic E-state index is 0.270. The van der Waals surface area contributed by atoms with Crippen LogP contribution in [0.25, 0.3) is 0 Å². The molecule has 0 fully saturated rings. The molecule has 0 saturated carbocycles. The van der Waals surface area contributed by atoms with Crippen molar-refractivity contribution in [1.29, 1.82) is 0 Å². The molecule has 0 aliphatic carbocycles. The molecule has 0 bridgehead atoms. The maximum atomic E-state index is 13.5. The van der Waals surface area contributed by atoms with Crippen molar-refractivity contribution in [2.45, 2.75) is 19.8 Å². The molecule has 1 aromatic heterocycles. The molecule has 24 heavy (non-hydrogen) atoms. The van der Waals surface area contributed by atoms with E-state index in [9.17, 15) is 4.39 Å². The van der Waals surface area contributed by atoms with Gasteiger partial charge < -0.3 is 5.32 Å². The first-order valence-electron chi connectivity index (χ1n) is 7.75. The summed E-state index contributed by atoms with van der Waals surface area (Å²) in [5, 5.41) is 11.2. The van der Waals surface area contributed by atoms with E-state index in [1.165, 1.54) is 6.07 Å². The maximum Gasteiger partial charge on any atom is 0.261 e. The Morgan fingerprint density at radius 3 is 2.75 bits per heavy atom. The highest BCUT2D eigenvalue weighted by molar-refractivity contribution is 9.10. The number of hydrogen-bond acceptors (Lipinski definition) is 5. The summed E-state index contributed by atoms with van der Waals surface area (Å²) < 4.78 is 19.1. The van der Waals surface area contributed by atoms with Gasteiger partial charge in [-0.25, -0.2) is 18.5 Å². The second-order valence-electron chi connectivity index (χ2n) is 5.84. The van der Waals surface area contributed by atoms with Gasteiger partial charge in [0.2, 0.25) is 11.5 Å². The number of aromatic nitrogens is 2. The molecule has 2 rings (SSSR count). The number of anilines is 1. The van der Waals surface area contributed by atoms with Gasteiger partial charge in [-0.2, -0.15) is 0 Å². The molecule has 0 unspecified atom stereocenters. The number of nitrogens with zero attached hydrogens (tertiary/aromatic N) is 4. The van der Waals surface area contributed by atoms with Crippen LogP contribution in [0.5, 0.6) is 0 Å². The van der Waals surface area contributed by atoms with Gasteiger partial charge in [0.1, 0.15) is 11.5 Å². The average Bonchev–Trinajstić information content (AvgIpc) is 2.99. The van der Waals surface area contributed by atoms with Gasteiger partial charge in [0.25, 0.3) is 5.84 Å². The molecule has 6 nitrogen and oxygen atoms in total. The van der Waals surface area contributed by atoms with Crippen LogP contribution >= 0.6 is 15.9 Å². The number of rotatable bonds is 6. The summed E-state index contributed by atoms with van der Waals surface area (Å²) in [7, 11) is 5.59. The topological polar surface area (TPSA) is 63.3 Å². The Bertz CT molecular complexity index is 729. The van der Waals surface area contributed by atoms with Gasteiger partial charge in [0, 0.05) is 25.7 Å². The predicted octanol–water partition coefficient (Wildman–Crippen LogP) is 3.83. The van der Waals surface area contributed by atoms with Gasteiger partial charge in [-0.1, -0.05) is 13.3 Å². The lowest BCUT2D eigenvalue weighted by molar-refractivity contribution is 0.307. The van der Waals surface area contributed by atoms with Crippen LogP contribution in [0.4, 0.5) is 15.9 Å². The molecule has 0 radical (unpaired) electrons. The van der Waals surface area contributed by atoms with E-state index in [0.717, 1.165) is 25.1 Å². The molecule has 0 amide bonds. The summed E-state index contributed by atoms with van der Waals surface area (Å²) in [6.07, 6.45) is 2.10. The Morgan fingerprint density at radius 1 is 1.38 bits per heavy atom. The molecule has 130 valence electrons. The lowest BCUT2D eigenvalue weighted by atomic mass is 10.2. The Balaban J connectivity index is 2.37. The Labute approximate surface area is 149 Å². The summed E-state index contributed by atoms with van der Waals surface area (Å²) in [6, 6.07) is 4.88. The van der Waals surface area contributed by atoms with E-state index >= 15 is 0 Å². The smallest absolute Gasteiger partial charge is 0.261 e. The lowest BCUT2D eigenvalue weighted by Gasteiger charge is -2.28. The van der Waals surface area contributed by atoms with Crippen molar-refractivity contribution in [1.82, 2.24) is 14.8 Å². The van der Waals surface area contributed by atoms with Crippen molar-refractivity contribution >= 4 is 33.3 Å². The highest BCUT2D eigenvalue weighted by atomic mass is 79.9. The van der Waals surface area contributed by atoms with E-state index in [0.29, 0.717) is 21.8 Å². The SMILES string of the molecule is CCCCNc1nonc1C(=NC)[N+](C)(C)c1ccc(F)c(Br)c1. The quantitative estimate of drug-likeness (QED) is 0.347. The standard InChI is InChI=1S/C16H22BrFN5O/c1-5-6-9-20-15-14(21-24-22-15)16(19-2)23(3,4)11-7-8-13(18)12(17)10-11/h7-8,10H,5-6,9H2,1-4H3,(H,20,22)/q+1. The third-order valence-electron chi connectivity index (χ3n) is 3.81. The molecule has 1 heterocycles. The van der Waals surface area contributed by atoms with Gasteiger partial charge in [-0.3, -0.25) is 0 Å². The fourth-order valence-electron chi connectivity index (χ4n) is 2.41. The van der Waals surface area contributed by atoms with Crippen molar-refractivity contribution < 1.29 is 9.02 Å². The number of amidine groups is 1. The van der Waals surface area contributed by atoms with Gasteiger partial charge in [0.05, 0.1) is 18.6 Å². The van der Waals surface area contributed by atoms with E-state index in [4.69, 9.17) is 4.63 Å². The zero-order valence-electron chi connectivity index (χ0n) is 14.3. The zero-order valence-corrected chi connectivity index (χ0v) is 15.9. The minimum atomic E-state index is -0.307. The van der Waals surface area contributed by atoms with Crippen LogP contribution in [-0.4, -0.2) is 43.8 Å². The van der Waals surface area contributed by atoms with Crippen molar-refractivity contribution in [2.75, 3.05) is 33.0 Å². The summed E-state index contributed by atoms with van der Waals surface area (Å²) in [6.45, 7) is 2.90. The number of nitrogens with one attached hydrogen (secondary N) is 1. The normalized spacial score (nSPS) is 12.5. The van der Waals surface area contributed by atoms with Crippen molar-refractivity contribution in [3.8, 4) is 0 Å². The first-order valence-corrected chi connectivity index (χ1v) is 8.54. The Morgan fingerprint density at radius 2 is 2.12 bits per heavy atom. The number of aliphatic imine (C=N–C) groups is 1. The first kappa shape index (κ1) is 18.5. The highest BCUT2D eigenvalue weighted by Gasteiger charge is 2.34. The Hall–Kier alpha value is -1.80. The van der Waals surface area contributed by atoms with Crippen LogP contribution in [0.3, 0.4) is 0 Å². The molecule has 0 atom stereocenters. The summed E-state index contributed by atoms with van der Waals surface area (Å²) >= 11 is 3.23. The molecule has 8 heteroatoms. The van der Waals surface area contributed by atoms with Gasteiger partial charge >= 0.3 is 0 Å². The third kappa shape index (κ3) is 3.81. The molecule has 0 saturated heterocycles. The monoisotopic (exact) mass is 398 g/mol. The average molecular weight is 399 g/mol. The molecule has 0 aliphatic heterocycles. The Kier molecular flexibility index (Phi) is 6.06. The molecular weight excluding hydrogens is 377 g/mol. The summed E-state index contributed by atoms with van der Waals surface area (Å²) in [5.74, 6) is 0.920. The second kappa shape index (κ2) is 7.85. The number of hydrogen-bond donors (Lipinski definition) is 1. The molecule has 0 spiro atoms. The van der Waals surface area contributed by atoms with E-state index in [-0.39, 0.29) is 10.3 Å². The molecule has 1 aromatic carbocycles. The number of benzene rings is 1. The predicted molar refractivity (Wildman–Crippen MR) is 97.9 cm³/mol. The van der Waals surface area contributed by atoms with Gasteiger partial charge in [-0.05, 0) is 38.7 Å². The van der Waals surface area contributed by atoms with Crippen molar-refractivity contribution in [3.05, 3.63) is 34.2 Å². The maximum absolute atomic E-state index is 13.5. The van der Waals surface area contributed by atoms with E-state index < -0.39 is 0 Å². The van der Waals surface area contributed by atoms with Crippen LogP contribution in [0.2, 0.25) is 0 Å². The molecular formula is C16H22BrFN5O+. The fourth-order valence-corrected chi connectivity index (χ4v) is 2.78. The van der Waals surface area contributed by atoms with E-state index in [1.54, 1.807) is 19.2 Å². The number of halogens is 2.